The minimum absolute atomic E-state index is 0.125. The number of amides is 1. The van der Waals surface area contributed by atoms with Crippen molar-refractivity contribution in [2.45, 2.75) is 19.1 Å². The Bertz CT molecular complexity index is 729. The average Bonchev–Trinajstić information content (AvgIpc) is 3.09. The molecule has 1 heterocycles. The number of carbonyl (C=O) groups excluding carboxylic acids is 1. The number of ether oxygens (including phenoxy) is 2. The van der Waals surface area contributed by atoms with E-state index in [1.807, 2.05) is 30.3 Å². The van der Waals surface area contributed by atoms with Gasteiger partial charge in [-0.2, -0.15) is 0 Å². The summed E-state index contributed by atoms with van der Waals surface area (Å²) in [6.07, 6.45) is 0.234. The molecule has 2 aromatic rings. The summed E-state index contributed by atoms with van der Waals surface area (Å²) in [5.74, 6) is -0.380. The fourth-order valence-corrected chi connectivity index (χ4v) is 2.67. The van der Waals surface area contributed by atoms with E-state index < -0.39 is 5.97 Å². The highest BCUT2D eigenvalue weighted by atomic mass is 16.6. The van der Waals surface area contributed by atoms with Crippen LogP contribution in [-0.4, -0.2) is 41.3 Å². The lowest BCUT2D eigenvalue weighted by Gasteiger charge is -2.17. The lowest BCUT2D eigenvalue weighted by molar-refractivity contribution is 0.0696. The highest BCUT2D eigenvalue weighted by Gasteiger charge is 2.28. The molecule has 6 nitrogen and oxygen atoms in total. The van der Waals surface area contributed by atoms with E-state index in [-0.39, 0.29) is 24.4 Å². The molecule has 6 heteroatoms. The van der Waals surface area contributed by atoms with Gasteiger partial charge in [0.15, 0.2) is 0 Å². The summed E-state index contributed by atoms with van der Waals surface area (Å²) in [5.41, 5.74) is 1.16. The third-order valence-corrected chi connectivity index (χ3v) is 4.01. The number of likely N-dealkylation sites (tertiary alicyclic amines) is 1. The van der Waals surface area contributed by atoms with Crippen molar-refractivity contribution in [3.8, 4) is 5.75 Å². The monoisotopic (exact) mass is 341 g/mol. The molecule has 1 unspecified atom stereocenters. The van der Waals surface area contributed by atoms with Crippen LogP contribution in [0.2, 0.25) is 0 Å². The van der Waals surface area contributed by atoms with Crippen molar-refractivity contribution in [3.05, 3.63) is 65.7 Å². The second-order valence-corrected chi connectivity index (χ2v) is 5.84. The zero-order chi connectivity index (χ0) is 17.6. The van der Waals surface area contributed by atoms with Crippen molar-refractivity contribution in [2.75, 3.05) is 13.1 Å². The maximum atomic E-state index is 12.1. The summed E-state index contributed by atoms with van der Waals surface area (Å²) in [6.45, 7) is 1.28. The van der Waals surface area contributed by atoms with Crippen LogP contribution in [0.4, 0.5) is 4.79 Å². The molecule has 1 aliphatic rings. The Morgan fingerprint density at radius 3 is 2.48 bits per heavy atom. The minimum Gasteiger partial charge on any atom is -0.489 e. The van der Waals surface area contributed by atoms with Gasteiger partial charge in [0.05, 0.1) is 12.1 Å². The quantitative estimate of drug-likeness (QED) is 0.904. The Morgan fingerprint density at radius 1 is 1.08 bits per heavy atom. The van der Waals surface area contributed by atoms with E-state index in [1.54, 1.807) is 17.0 Å². The van der Waals surface area contributed by atoms with E-state index in [9.17, 15) is 9.59 Å². The third kappa shape index (κ3) is 4.50. The van der Waals surface area contributed by atoms with Crippen LogP contribution >= 0.6 is 0 Å². The minimum atomic E-state index is -0.972. The van der Waals surface area contributed by atoms with E-state index >= 15 is 0 Å². The van der Waals surface area contributed by atoms with Gasteiger partial charge in [0.1, 0.15) is 18.5 Å². The van der Waals surface area contributed by atoms with Crippen molar-refractivity contribution < 1.29 is 24.2 Å². The molecule has 0 radical (unpaired) electrons. The van der Waals surface area contributed by atoms with Crippen LogP contribution in [0.25, 0.3) is 0 Å². The van der Waals surface area contributed by atoms with Crippen LogP contribution in [0.5, 0.6) is 5.75 Å². The van der Waals surface area contributed by atoms with Crippen LogP contribution in [0, 0.1) is 0 Å². The Morgan fingerprint density at radius 2 is 1.80 bits per heavy atom. The first-order valence-electron chi connectivity index (χ1n) is 8.07. The first-order chi connectivity index (χ1) is 12.1. The number of aromatic carboxylic acids is 1. The van der Waals surface area contributed by atoms with Crippen molar-refractivity contribution in [2.24, 2.45) is 0 Å². The maximum Gasteiger partial charge on any atom is 0.410 e. The molecule has 3 rings (SSSR count). The van der Waals surface area contributed by atoms with Gasteiger partial charge in [0.25, 0.3) is 0 Å². The number of nitrogens with zero attached hydrogens (tertiary/aromatic N) is 1. The van der Waals surface area contributed by atoms with Gasteiger partial charge in [-0.3, -0.25) is 0 Å². The lowest BCUT2D eigenvalue weighted by Crippen LogP contribution is -2.31. The number of carboxylic acids is 1. The van der Waals surface area contributed by atoms with Crippen molar-refractivity contribution in [1.29, 1.82) is 0 Å². The molecule has 2 aromatic carbocycles. The second-order valence-electron chi connectivity index (χ2n) is 5.84. The standard InChI is InChI=1S/C19H19NO5/c21-18(22)15-6-8-16(9-7-15)25-17-10-11-20(12-17)19(23)24-13-14-4-2-1-3-5-14/h1-9,17H,10-13H2,(H,21,22). The normalized spacial score (nSPS) is 16.5. The molecule has 25 heavy (non-hydrogen) atoms. The molecule has 0 aliphatic carbocycles. The topological polar surface area (TPSA) is 76.1 Å². The molecule has 0 saturated carbocycles. The van der Waals surface area contributed by atoms with Crippen LogP contribution < -0.4 is 4.74 Å². The SMILES string of the molecule is O=C(O)c1ccc(OC2CCN(C(=O)OCc3ccccc3)C2)cc1. The zero-order valence-corrected chi connectivity index (χ0v) is 13.6. The summed E-state index contributed by atoms with van der Waals surface area (Å²) >= 11 is 0. The van der Waals surface area contributed by atoms with Gasteiger partial charge in [-0.15, -0.1) is 0 Å². The summed E-state index contributed by atoms with van der Waals surface area (Å²) in [4.78, 5) is 24.6. The summed E-state index contributed by atoms with van der Waals surface area (Å²) in [7, 11) is 0. The number of benzene rings is 2. The van der Waals surface area contributed by atoms with Gasteiger partial charge in [-0.25, -0.2) is 9.59 Å². The fourth-order valence-electron chi connectivity index (χ4n) is 2.67. The van der Waals surface area contributed by atoms with E-state index in [0.29, 0.717) is 25.3 Å². The van der Waals surface area contributed by atoms with Gasteiger partial charge in [-0.05, 0) is 29.8 Å². The second kappa shape index (κ2) is 7.70. The molecule has 1 fully saturated rings. The fraction of sp³-hybridized carbons (Fsp3) is 0.263. The highest BCUT2D eigenvalue weighted by molar-refractivity contribution is 5.87. The van der Waals surface area contributed by atoms with Crippen LogP contribution in [0.3, 0.4) is 0 Å². The molecule has 1 saturated heterocycles. The number of hydrogen-bond donors (Lipinski definition) is 1. The molecule has 130 valence electrons. The maximum absolute atomic E-state index is 12.1. The number of rotatable bonds is 5. The largest absolute Gasteiger partial charge is 0.489 e. The Balaban J connectivity index is 1.47. The predicted octanol–water partition coefficient (Wildman–Crippen LogP) is 3.17. The third-order valence-electron chi connectivity index (χ3n) is 4.01. The smallest absolute Gasteiger partial charge is 0.410 e. The van der Waals surface area contributed by atoms with Crippen LogP contribution in [0.1, 0.15) is 22.3 Å². The Hall–Kier alpha value is -3.02. The number of hydrogen-bond acceptors (Lipinski definition) is 4. The molecule has 0 bridgehead atoms. The van der Waals surface area contributed by atoms with E-state index in [0.717, 1.165) is 5.56 Å². The van der Waals surface area contributed by atoms with Crippen molar-refractivity contribution in [3.63, 3.8) is 0 Å². The first kappa shape index (κ1) is 16.8. The van der Waals surface area contributed by atoms with Crippen LogP contribution in [-0.2, 0) is 11.3 Å². The van der Waals surface area contributed by atoms with Crippen molar-refractivity contribution in [1.82, 2.24) is 4.90 Å². The molecule has 1 aliphatic heterocycles. The Kier molecular flexibility index (Phi) is 5.18. The van der Waals surface area contributed by atoms with Gasteiger partial charge >= 0.3 is 12.1 Å². The molecule has 0 aromatic heterocycles. The molecule has 1 atom stereocenters. The van der Waals surface area contributed by atoms with Gasteiger partial charge in [0, 0.05) is 13.0 Å². The lowest BCUT2D eigenvalue weighted by atomic mass is 10.2. The molecule has 1 N–H and O–H groups in total. The van der Waals surface area contributed by atoms with E-state index in [4.69, 9.17) is 14.6 Å². The van der Waals surface area contributed by atoms with E-state index in [2.05, 4.69) is 0 Å². The Labute approximate surface area is 145 Å². The summed E-state index contributed by atoms with van der Waals surface area (Å²) < 4.78 is 11.1. The summed E-state index contributed by atoms with van der Waals surface area (Å²) in [6, 6.07) is 15.8. The molecular formula is C19H19NO5. The van der Waals surface area contributed by atoms with Crippen LogP contribution in [0.15, 0.2) is 54.6 Å². The summed E-state index contributed by atoms with van der Waals surface area (Å²) in [5, 5.41) is 8.89. The van der Waals surface area contributed by atoms with Gasteiger partial charge in [0.2, 0.25) is 0 Å². The van der Waals surface area contributed by atoms with Crippen molar-refractivity contribution >= 4 is 12.1 Å². The van der Waals surface area contributed by atoms with Gasteiger partial charge in [-0.1, -0.05) is 30.3 Å². The number of carbonyl (C=O) groups is 2. The van der Waals surface area contributed by atoms with Gasteiger partial charge < -0.3 is 19.5 Å². The first-order valence-corrected chi connectivity index (χ1v) is 8.07. The molecule has 0 spiro atoms. The van der Waals surface area contributed by atoms with E-state index in [1.165, 1.54) is 12.1 Å². The molecule has 1 amide bonds. The zero-order valence-electron chi connectivity index (χ0n) is 13.6. The number of carboxylic acid groups (broad SMARTS) is 1. The highest BCUT2D eigenvalue weighted by Crippen LogP contribution is 2.20. The average molecular weight is 341 g/mol. The predicted molar refractivity (Wildman–Crippen MR) is 90.6 cm³/mol. The molecular weight excluding hydrogens is 322 g/mol.